The summed E-state index contributed by atoms with van der Waals surface area (Å²) < 4.78 is 0. The van der Waals surface area contributed by atoms with E-state index in [0.717, 1.165) is 4.88 Å². The molecule has 0 saturated carbocycles. The molecule has 1 amide bonds. The van der Waals surface area contributed by atoms with Gasteiger partial charge in [-0.25, -0.2) is 0 Å². The standard InChI is InChI=1S/C18H19NO2S/c1-18(2,3)17(21)19-14-8-6-13(7-9-14)16(20)11-10-15-5-4-12-22-15/h4-12H,1-3H3,(H,19,21)/b11-10+. The van der Waals surface area contributed by atoms with E-state index in [1.165, 1.54) is 0 Å². The first-order valence-corrected chi connectivity index (χ1v) is 7.92. The molecule has 0 spiro atoms. The zero-order chi connectivity index (χ0) is 16.2. The summed E-state index contributed by atoms with van der Waals surface area (Å²) in [6.45, 7) is 5.57. The van der Waals surface area contributed by atoms with Gasteiger partial charge in [-0.3, -0.25) is 9.59 Å². The molecular weight excluding hydrogens is 294 g/mol. The number of nitrogens with one attached hydrogen (secondary N) is 1. The Morgan fingerprint density at radius 3 is 2.32 bits per heavy atom. The molecule has 2 rings (SSSR count). The predicted molar refractivity (Wildman–Crippen MR) is 92.2 cm³/mol. The third-order valence-electron chi connectivity index (χ3n) is 3.05. The van der Waals surface area contributed by atoms with Crippen LogP contribution in [0.15, 0.2) is 47.9 Å². The highest BCUT2D eigenvalue weighted by molar-refractivity contribution is 7.10. The van der Waals surface area contributed by atoms with Gasteiger partial charge in [-0.05, 0) is 47.9 Å². The fraction of sp³-hybridized carbons (Fsp3) is 0.222. The van der Waals surface area contributed by atoms with E-state index in [-0.39, 0.29) is 11.7 Å². The first kappa shape index (κ1) is 16.2. The second-order valence-electron chi connectivity index (χ2n) is 5.99. The van der Waals surface area contributed by atoms with Gasteiger partial charge in [0.2, 0.25) is 5.91 Å². The third kappa shape index (κ3) is 4.40. The van der Waals surface area contributed by atoms with Crippen molar-refractivity contribution in [3.8, 4) is 0 Å². The molecule has 114 valence electrons. The van der Waals surface area contributed by atoms with Gasteiger partial charge in [0.1, 0.15) is 0 Å². The Morgan fingerprint density at radius 1 is 1.09 bits per heavy atom. The molecule has 2 aromatic rings. The van der Waals surface area contributed by atoms with Gasteiger partial charge in [-0.15, -0.1) is 11.3 Å². The molecule has 0 aliphatic rings. The fourth-order valence-corrected chi connectivity index (χ4v) is 2.29. The first-order valence-electron chi connectivity index (χ1n) is 7.04. The van der Waals surface area contributed by atoms with Crippen LogP contribution in [0.25, 0.3) is 6.08 Å². The van der Waals surface area contributed by atoms with Crippen molar-refractivity contribution in [1.29, 1.82) is 0 Å². The van der Waals surface area contributed by atoms with Crippen LogP contribution >= 0.6 is 11.3 Å². The lowest BCUT2D eigenvalue weighted by atomic mass is 9.95. The Balaban J connectivity index is 2.02. The van der Waals surface area contributed by atoms with Crippen LogP contribution in [0.2, 0.25) is 0 Å². The van der Waals surface area contributed by atoms with Crippen molar-refractivity contribution < 1.29 is 9.59 Å². The van der Waals surface area contributed by atoms with E-state index in [1.54, 1.807) is 41.7 Å². The normalized spacial score (nSPS) is 11.6. The van der Waals surface area contributed by atoms with Gasteiger partial charge in [0.05, 0.1) is 0 Å². The Labute approximate surface area is 134 Å². The average molecular weight is 313 g/mol. The minimum atomic E-state index is -0.446. The van der Waals surface area contributed by atoms with E-state index in [0.29, 0.717) is 11.3 Å². The smallest absolute Gasteiger partial charge is 0.229 e. The number of benzene rings is 1. The van der Waals surface area contributed by atoms with Crippen LogP contribution in [0, 0.1) is 5.41 Å². The highest BCUT2D eigenvalue weighted by Gasteiger charge is 2.21. The fourth-order valence-electron chi connectivity index (χ4n) is 1.68. The Morgan fingerprint density at radius 2 is 1.77 bits per heavy atom. The molecule has 0 saturated heterocycles. The number of hydrogen-bond acceptors (Lipinski definition) is 3. The second kappa shape index (κ2) is 6.71. The molecule has 1 aromatic heterocycles. The van der Waals surface area contributed by atoms with Crippen LogP contribution < -0.4 is 5.32 Å². The maximum absolute atomic E-state index is 12.1. The molecule has 3 nitrogen and oxygen atoms in total. The van der Waals surface area contributed by atoms with Gasteiger partial charge in [0, 0.05) is 21.5 Å². The van der Waals surface area contributed by atoms with Crippen molar-refractivity contribution >= 4 is 34.8 Å². The van der Waals surface area contributed by atoms with Gasteiger partial charge in [-0.2, -0.15) is 0 Å². The molecule has 0 radical (unpaired) electrons. The predicted octanol–water partition coefficient (Wildman–Crippen LogP) is 4.63. The highest BCUT2D eigenvalue weighted by Crippen LogP contribution is 2.18. The minimum Gasteiger partial charge on any atom is -0.326 e. The second-order valence-corrected chi connectivity index (χ2v) is 6.97. The molecule has 1 heterocycles. The van der Waals surface area contributed by atoms with E-state index in [4.69, 9.17) is 0 Å². The minimum absolute atomic E-state index is 0.0517. The molecule has 22 heavy (non-hydrogen) atoms. The lowest BCUT2D eigenvalue weighted by Crippen LogP contribution is -2.27. The van der Waals surface area contributed by atoms with Crippen LogP contribution in [-0.2, 0) is 4.79 Å². The van der Waals surface area contributed by atoms with Crippen molar-refractivity contribution in [3.05, 3.63) is 58.3 Å². The van der Waals surface area contributed by atoms with Crippen LogP contribution in [-0.4, -0.2) is 11.7 Å². The number of carbonyl (C=O) groups excluding carboxylic acids is 2. The number of carbonyl (C=O) groups is 2. The molecule has 0 bridgehead atoms. The number of anilines is 1. The van der Waals surface area contributed by atoms with Gasteiger partial charge in [-0.1, -0.05) is 26.8 Å². The van der Waals surface area contributed by atoms with Crippen molar-refractivity contribution in [1.82, 2.24) is 0 Å². The lowest BCUT2D eigenvalue weighted by Gasteiger charge is -2.17. The average Bonchev–Trinajstić information content (AvgIpc) is 2.98. The van der Waals surface area contributed by atoms with Crippen molar-refractivity contribution in [3.63, 3.8) is 0 Å². The SMILES string of the molecule is CC(C)(C)C(=O)Nc1ccc(C(=O)/C=C/c2cccs2)cc1. The molecule has 4 heteroatoms. The molecule has 0 atom stereocenters. The number of hydrogen-bond donors (Lipinski definition) is 1. The zero-order valence-corrected chi connectivity index (χ0v) is 13.7. The number of thiophene rings is 1. The van der Waals surface area contributed by atoms with Gasteiger partial charge in [0.25, 0.3) is 0 Å². The Bertz CT molecular complexity index is 677. The number of allylic oxidation sites excluding steroid dienone is 1. The lowest BCUT2D eigenvalue weighted by molar-refractivity contribution is -0.123. The maximum Gasteiger partial charge on any atom is 0.229 e. The van der Waals surface area contributed by atoms with Crippen LogP contribution in [0.1, 0.15) is 36.0 Å². The van der Waals surface area contributed by atoms with Crippen molar-refractivity contribution in [2.24, 2.45) is 5.41 Å². The Hall–Kier alpha value is -2.20. The summed E-state index contributed by atoms with van der Waals surface area (Å²) in [4.78, 5) is 25.0. The van der Waals surface area contributed by atoms with Crippen LogP contribution in [0.3, 0.4) is 0 Å². The van der Waals surface area contributed by atoms with E-state index >= 15 is 0 Å². The van der Waals surface area contributed by atoms with E-state index in [1.807, 2.05) is 44.4 Å². The summed E-state index contributed by atoms with van der Waals surface area (Å²) in [5.41, 5.74) is 0.845. The number of amides is 1. The first-order chi connectivity index (χ1) is 10.4. The third-order valence-corrected chi connectivity index (χ3v) is 3.89. The summed E-state index contributed by atoms with van der Waals surface area (Å²) in [6.07, 6.45) is 3.37. The molecule has 1 N–H and O–H groups in total. The largest absolute Gasteiger partial charge is 0.326 e. The molecule has 0 aliphatic carbocycles. The molecule has 0 unspecified atom stereocenters. The molecule has 0 fully saturated rings. The molecule has 0 aliphatic heterocycles. The molecular formula is C18H19NO2S. The van der Waals surface area contributed by atoms with E-state index in [9.17, 15) is 9.59 Å². The zero-order valence-electron chi connectivity index (χ0n) is 12.9. The van der Waals surface area contributed by atoms with Gasteiger partial charge < -0.3 is 5.32 Å². The van der Waals surface area contributed by atoms with Crippen LogP contribution in [0.5, 0.6) is 0 Å². The van der Waals surface area contributed by atoms with E-state index in [2.05, 4.69) is 5.32 Å². The molecule has 1 aromatic carbocycles. The van der Waals surface area contributed by atoms with Gasteiger partial charge >= 0.3 is 0 Å². The summed E-state index contributed by atoms with van der Waals surface area (Å²) in [5, 5.41) is 4.80. The topological polar surface area (TPSA) is 46.2 Å². The summed E-state index contributed by atoms with van der Waals surface area (Å²) >= 11 is 1.59. The number of ketones is 1. The summed E-state index contributed by atoms with van der Waals surface area (Å²) in [5.74, 6) is -0.105. The quantitative estimate of drug-likeness (QED) is 0.661. The Kier molecular flexibility index (Phi) is 4.93. The summed E-state index contributed by atoms with van der Waals surface area (Å²) in [7, 11) is 0. The van der Waals surface area contributed by atoms with Gasteiger partial charge in [0.15, 0.2) is 5.78 Å². The van der Waals surface area contributed by atoms with Crippen molar-refractivity contribution in [2.45, 2.75) is 20.8 Å². The number of rotatable bonds is 4. The van der Waals surface area contributed by atoms with Crippen molar-refractivity contribution in [2.75, 3.05) is 5.32 Å². The highest BCUT2D eigenvalue weighted by atomic mass is 32.1. The van der Waals surface area contributed by atoms with Crippen LogP contribution in [0.4, 0.5) is 5.69 Å². The maximum atomic E-state index is 12.1. The summed E-state index contributed by atoms with van der Waals surface area (Å²) in [6, 6.07) is 10.8. The monoisotopic (exact) mass is 313 g/mol. The van der Waals surface area contributed by atoms with E-state index < -0.39 is 5.41 Å².